The molecule has 1 N–H and O–H groups in total. The second-order valence-corrected chi connectivity index (χ2v) is 4.89. The van der Waals surface area contributed by atoms with Crippen LogP contribution in [0.25, 0.3) is 0 Å². The average molecular weight is 326 g/mol. The fourth-order valence-electron chi connectivity index (χ4n) is 1.65. The molecule has 0 bridgehead atoms. The highest BCUT2D eigenvalue weighted by Crippen LogP contribution is 2.17. The van der Waals surface area contributed by atoms with Crippen LogP contribution in [0.1, 0.15) is 16.8 Å². The van der Waals surface area contributed by atoms with Crippen LogP contribution in [-0.4, -0.2) is 22.0 Å². The van der Waals surface area contributed by atoms with E-state index in [1.807, 2.05) is 10.8 Å². The van der Waals surface area contributed by atoms with Crippen LogP contribution in [0.2, 0.25) is 0 Å². The number of carbonyl (C=O) groups excluding carboxylic acids is 1. The summed E-state index contributed by atoms with van der Waals surface area (Å²) in [5.74, 6) is -0.705. The Morgan fingerprint density at radius 3 is 3.05 bits per heavy atom. The van der Waals surface area contributed by atoms with E-state index in [0.717, 1.165) is 13.0 Å². The van der Waals surface area contributed by atoms with Crippen LogP contribution in [0.5, 0.6) is 0 Å². The molecule has 0 saturated carbocycles. The van der Waals surface area contributed by atoms with Gasteiger partial charge < -0.3 is 9.88 Å². The van der Waals surface area contributed by atoms with Gasteiger partial charge in [0.2, 0.25) is 0 Å². The smallest absolute Gasteiger partial charge is 0.252 e. The number of amides is 1. The topological polar surface area (TPSA) is 46.9 Å². The minimum atomic E-state index is -0.424. The summed E-state index contributed by atoms with van der Waals surface area (Å²) in [6, 6.07) is 4.05. The number of carbonyl (C=O) groups is 1. The molecule has 0 fully saturated rings. The van der Waals surface area contributed by atoms with Crippen molar-refractivity contribution < 1.29 is 9.18 Å². The lowest BCUT2D eigenvalue weighted by Gasteiger charge is -2.07. The zero-order valence-corrected chi connectivity index (χ0v) is 11.7. The summed E-state index contributed by atoms with van der Waals surface area (Å²) in [4.78, 5) is 15.8. The first kappa shape index (κ1) is 13.7. The molecule has 1 aromatic carbocycles. The highest BCUT2D eigenvalue weighted by atomic mass is 79.9. The number of imidazole rings is 1. The molecule has 100 valence electrons. The van der Waals surface area contributed by atoms with Crippen LogP contribution in [-0.2, 0) is 6.54 Å². The monoisotopic (exact) mass is 325 g/mol. The van der Waals surface area contributed by atoms with Gasteiger partial charge in [-0.1, -0.05) is 0 Å². The molecular weight excluding hydrogens is 313 g/mol. The summed E-state index contributed by atoms with van der Waals surface area (Å²) in [6.07, 6.45) is 6.09. The molecule has 19 heavy (non-hydrogen) atoms. The first-order valence-electron chi connectivity index (χ1n) is 5.86. The number of hydrogen-bond donors (Lipinski definition) is 1. The van der Waals surface area contributed by atoms with E-state index in [9.17, 15) is 9.18 Å². The Kier molecular flexibility index (Phi) is 4.68. The summed E-state index contributed by atoms with van der Waals surface area (Å²) in [5, 5.41) is 2.76. The zero-order valence-electron chi connectivity index (χ0n) is 10.1. The molecule has 0 saturated heterocycles. The highest BCUT2D eigenvalue weighted by molar-refractivity contribution is 9.10. The van der Waals surface area contributed by atoms with E-state index < -0.39 is 5.82 Å². The summed E-state index contributed by atoms with van der Waals surface area (Å²) >= 11 is 3.23. The number of benzene rings is 1. The maximum Gasteiger partial charge on any atom is 0.252 e. The third kappa shape index (κ3) is 3.89. The van der Waals surface area contributed by atoms with E-state index in [2.05, 4.69) is 26.2 Å². The Bertz CT molecular complexity index is 557. The summed E-state index contributed by atoms with van der Waals surface area (Å²) in [7, 11) is 0. The van der Waals surface area contributed by atoms with E-state index in [-0.39, 0.29) is 5.91 Å². The van der Waals surface area contributed by atoms with Crippen molar-refractivity contribution in [3.63, 3.8) is 0 Å². The van der Waals surface area contributed by atoms with Gasteiger partial charge in [-0.05, 0) is 40.5 Å². The summed E-state index contributed by atoms with van der Waals surface area (Å²) < 4.78 is 15.6. The number of rotatable bonds is 5. The predicted octanol–water partition coefficient (Wildman–Crippen LogP) is 2.60. The summed E-state index contributed by atoms with van der Waals surface area (Å²) in [5.41, 5.74) is 0.308. The maximum atomic E-state index is 13.1. The molecule has 0 atom stereocenters. The van der Waals surface area contributed by atoms with Crippen LogP contribution in [0.3, 0.4) is 0 Å². The van der Waals surface area contributed by atoms with Gasteiger partial charge >= 0.3 is 0 Å². The highest BCUT2D eigenvalue weighted by Gasteiger charge is 2.10. The van der Waals surface area contributed by atoms with Crippen molar-refractivity contribution in [1.29, 1.82) is 0 Å². The van der Waals surface area contributed by atoms with Crippen LogP contribution in [0.4, 0.5) is 4.39 Å². The van der Waals surface area contributed by atoms with E-state index in [4.69, 9.17) is 0 Å². The van der Waals surface area contributed by atoms with Crippen LogP contribution < -0.4 is 5.32 Å². The first-order valence-corrected chi connectivity index (χ1v) is 6.65. The molecule has 0 aliphatic heterocycles. The normalized spacial score (nSPS) is 10.4. The van der Waals surface area contributed by atoms with Crippen LogP contribution in [0, 0.1) is 5.82 Å². The molecule has 2 rings (SSSR count). The largest absolute Gasteiger partial charge is 0.352 e. The van der Waals surface area contributed by atoms with E-state index in [1.165, 1.54) is 18.2 Å². The number of halogens is 2. The molecule has 2 aromatic rings. The van der Waals surface area contributed by atoms with Crippen molar-refractivity contribution in [2.45, 2.75) is 13.0 Å². The standard InChI is InChI=1S/C13H13BrFN3O/c14-12-3-2-10(15)8-11(12)13(19)17-4-1-6-18-7-5-16-9-18/h2-3,5,7-9H,1,4,6H2,(H,17,19). The van der Waals surface area contributed by atoms with Crippen molar-refractivity contribution in [2.24, 2.45) is 0 Å². The number of nitrogens with zero attached hydrogens (tertiary/aromatic N) is 2. The second-order valence-electron chi connectivity index (χ2n) is 4.03. The van der Waals surface area contributed by atoms with Gasteiger partial charge in [-0.2, -0.15) is 0 Å². The number of hydrogen-bond acceptors (Lipinski definition) is 2. The molecule has 0 aliphatic rings. The lowest BCUT2D eigenvalue weighted by Crippen LogP contribution is -2.25. The number of nitrogens with one attached hydrogen (secondary N) is 1. The quantitative estimate of drug-likeness (QED) is 0.859. The lowest BCUT2D eigenvalue weighted by atomic mass is 10.2. The fourth-order valence-corrected chi connectivity index (χ4v) is 2.08. The van der Waals surface area contributed by atoms with Gasteiger partial charge in [0, 0.05) is 30.0 Å². The molecule has 6 heteroatoms. The van der Waals surface area contributed by atoms with Gasteiger partial charge in [0.05, 0.1) is 11.9 Å². The molecule has 1 aromatic heterocycles. The van der Waals surface area contributed by atoms with Crippen molar-refractivity contribution >= 4 is 21.8 Å². The molecule has 1 amide bonds. The third-order valence-electron chi connectivity index (χ3n) is 2.61. The maximum absolute atomic E-state index is 13.1. The Morgan fingerprint density at radius 1 is 1.47 bits per heavy atom. The van der Waals surface area contributed by atoms with Gasteiger partial charge in [0.1, 0.15) is 5.82 Å². The minimum Gasteiger partial charge on any atom is -0.352 e. The second kappa shape index (κ2) is 6.47. The van der Waals surface area contributed by atoms with E-state index in [1.54, 1.807) is 12.5 Å². The van der Waals surface area contributed by atoms with E-state index in [0.29, 0.717) is 16.6 Å². The van der Waals surface area contributed by atoms with Crippen molar-refractivity contribution in [2.75, 3.05) is 6.54 Å². The van der Waals surface area contributed by atoms with E-state index >= 15 is 0 Å². The van der Waals surface area contributed by atoms with Gasteiger partial charge in [-0.15, -0.1) is 0 Å². The SMILES string of the molecule is O=C(NCCCn1ccnc1)c1cc(F)ccc1Br. The van der Waals surface area contributed by atoms with Crippen molar-refractivity contribution in [3.8, 4) is 0 Å². The zero-order chi connectivity index (χ0) is 13.7. The molecule has 0 unspecified atom stereocenters. The molecule has 4 nitrogen and oxygen atoms in total. The third-order valence-corrected chi connectivity index (χ3v) is 3.30. The number of aryl methyl sites for hydroxylation is 1. The predicted molar refractivity (Wildman–Crippen MR) is 73.3 cm³/mol. The molecule has 1 heterocycles. The van der Waals surface area contributed by atoms with Gasteiger partial charge in [-0.3, -0.25) is 4.79 Å². The van der Waals surface area contributed by atoms with Crippen molar-refractivity contribution in [3.05, 3.63) is 52.8 Å². The summed E-state index contributed by atoms with van der Waals surface area (Å²) in [6.45, 7) is 1.31. The van der Waals surface area contributed by atoms with Gasteiger partial charge in [-0.25, -0.2) is 9.37 Å². The van der Waals surface area contributed by atoms with Crippen LogP contribution >= 0.6 is 15.9 Å². The minimum absolute atomic E-state index is 0.281. The number of aromatic nitrogens is 2. The lowest BCUT2D eigenvalue weighted by molar-refractivity contribution is 0.0951. The molecule has 0 radical (unpaired) electrons. The Morgan fingerprint density at radius 2 is 2.32 bits per heavy atom. The molecule has 0 spiro atoms. The fraction of sp³-hybridized carbons (Fsp3) is 0.231. The van der Waals surface area contributed by atoms with Crippen molar-refractivity contribution in [1.82, 2.24) is 14.9 Å². The first-order chi connectivity index (χ1) is 9.16. The Balaban J connectivity index is 1.82. The van der Waals surface area contributed by atoms with Crippen LogP contribution in [0.15, 0.2) is 41.4 Å². The molecular formula is C13H13BrFN3O. The van der Waals surface area contributed by atoms with Gasteiger partial charge in [0.25, 0.3) is 5.91 Å². The van der Waals surface area contributed by atoms with Gasteiger partial charge in [0.15, 0.2) is 0 Å². The Labute approximate surface area is 118 Å². The molecule has 0 aliphatic carbocycles. The Hall–Kier alpha value is -1.69. The average Bonchev–Trinajstić information content (AvgIpc) is 2.90.